The van der Waals surface area contributed by atoms with Crippen molar-refractivity contribution in [1.29, 1.82) is 0 Å². The molecule has 1 aromatic rings. The number of hydrogen-bond acceptors (Lipinski definition) is 3. The lowest BCUT2D eigenvalue weighted by Gasteiger charge is -2.07. The third-order valence-electron chi connectivity index (χ3n) is 11.5. The summed E-state index contributed by atoms with van der Waals surface area (Å²) in [5.74, 6) is 2.92. The van der Waals surface area contributed by atoms with Crippen molar-refractivity contribution in [2.75, 3.05) is 0 Å². The highest BCUT2D eigenvalue weighted by Gasteiger charge is 2.06. The molecule has 0 saturated heterocycles. The van der Waals surface area contributed by atoms with E-state index in [0.29, 0.717) is 0 Å². The SMILES string of the molecule is C[CH]c1nc(CCCCCCCCCCCCCCCCCCCCCC)nc(CCCCCCCCCCCCCCCCCCCCCC)n1. The van der Waals surface area contributed by atoms with Crippen LogP contribution in [-0.2, 0) is 12.8 Å². The number of aromatic nitrogens is 3. The highest BCUT2D eigenvalue weighted by Crippen LogP contribution is 2.17. The van der Waals surface area contributed by atoms with Crippen LogP contribution in [-0.4, -0.2) is 15.0 Å². The Bertz CT molecular complexity index is 761. The second-order valence-corrected chi connectivity index (χ2v) is 16.7. The summed E-state index contributed by atoms with van der Waals surface area (Å²) in [4.78, 5) is 14.3. The molecule has 1 heterocycles. The minimum atomic E-state index is 0.876. The smallest absolute Gasteiger partial charge is 0.136 e. The van der Waals surface area contributed by atoms with Gasteiger partial charge in [0.1, 0.15) is 17.5 Å². The molecule has 0 aliphatic rings. The Kier molecular flexibility index (Phi) is 38.8. The fourth-order valence-electron chi connectivity index (χ4n) is 7.92. The van der Waals surface area contributed by atoms with E-state index in [9.17, 15) is 0 Å². The maximum Gasteiger partial charge on any atom is 0.136 e. The van der Waals surface area contributed by atoms with Crippen LogP contribution in [0.4, 0.5) is 0 Å². The third-order valence-corrected chi connectivity index (χ3v) is 11.5. The second-order valence-electron chi connectivity index (χ2n) is 16.7. The molecule has 0 amide bonds. The minimum absolute atomic E-state index is 0.876. The zero-order valence-electron chi connectivity index (χ0n) is 36.1. The predicted octanol–water partition coefficient (Wildman–Crippen LogP) is 17.2. The maximum absolute atomic E-state index is 4.88. The summed E-state index contributed by atoms with van der Waals surface area (Å²) in [5, 5.41) is 0. The molecule has 0 aliphatic heterocycles. The average Bonchev–Trinajstić information content (AvgIpc) is 3.16. The van der Waals surface area contributed by atoms with Crippen LogP contribution in [0.5, 0.6) is 0 Å². The van der Waals surface area contributed by atoms with Crippen LogP contribution in [0, 0.1) is 6.42 Å². The zero-order valence-corrected chi connectivity index (χ0v) is 36.1. The van der Waals surface area contributed by atoms with E-state index in [1.165, 1.54) is 257 Å². The highest BCUT2D eigenvalue weighted by molar-refractivity contribution is 5.04. The van der Waals surface area contributed by atoms with Crippen molar-refractivity contribution >= 4 is 0 Å². The van der Waals surface area contributed by atoms with Gasteiger partial charge in [-0.2, -0.15) is 0 Å². The molecule has 0 spiro atoms. The largest absolute Gasteiger partial charge is 0.218 e. The van der Waals surface area contributed by atoms with Crippen molar-refractivity contribution in [3.05, 3.63) is 23.9 Å². The quantitative estimate of drug-likeness (QED) is 0.0630. The molecule has 0 saturated carbocycles. The van der Waals surface area contributed by atoms with Crippen LogP contribution in [0.15, 0.2) is 0 Å². The van der Waals surface area contributed by atoms with Gasteiger partial charge in [-0.3, -0.25) is 0 Å². The van der Waals surface area contributed by atoms with Gasteiger partial charge >= 0.3 is 0 Å². The van der Waals surface area contributed by atoms with Gasteiger partial charge in [0, 0.05) is 19.3 Å². The van der Waals surface area contributed by atoms with Crippen molar-refractivity contribution in [3.63, 3.8) is 0 Å². The van der Waals surface area contributed by atoms with Gasteiger partial charge in [0.2, 0.25) is 0 Å². The summed E-state index contributed by atoms with van der Waals surface area (Å²) < 4.78 is 0. The van der Waals surface area contributed by atoms with Gasteiger partial charge in [0.25, 0.3) is 0 Å². The third kappa shape index (κ3) is 34.8. The van der Waals surface area contributed by atoms with Crippen LogP contribution in [0.2, 0.25) is 0 Å². The molecule has 0 aromatic carbocycles. The van der Waals surface area contributed by atoms with Crippen LogP contribution in [0.3, 0.4) is 0 Å². The molecule has 52 heavy (non-hydrogen) atoms. The summed E-state index contributed by atoms with van der Waals surface area (Å²) >= 11 is 0. The molecule has 0 unspecified atom stereocenters. The zero-order chi connectivity index (χ0) is 37.3. The van der Waals surface area contributed by atoms with E-state index >= 15 is 0 Å². The van der Waals surface area contributed by atoms with Crippen molar-refractivity contribution in [1.82, 2.24) is 15.0 Å². The Morgan fingerprint density at radius 3 is 0.654 bits per heavy atom. The Labute approximate surface area is 328 Å². The number of nitrogens with zero attached hydrogens (tertiary/aromatic N) is 3. The van der Waals surface area contributed by atoms with Crippen molar-refractivity contribution in [2.45, 2.75) is 290 Å². The Hall–Kier alpha value is -0.990. The van der Waals surface area contributed by atoms with Gasteiger partial charge in [-0.15, -0.1) is 0 Å². The first-order valence-corrected chi connectivity index (χ1v) is 24.3. The van der Waals surface area contributed by atoms with Gasteiger partial charge in [-0.1, -0.05) is 265 Å². The molecule has 3 nitrogen and oxygen atoms in total. The van der Waals surface area contributed by atoms with E-state index in [1.807, 2.05) is 6.42 Å². The number of hydrogen-bond donors (Lipinski definition) is 0. The van der Waals surface area contributed by atoms with E-state index in [0.717, 1.165) is 30.3 Å². The normalized spacial score (nSPS) is 11.6. The molecular formula is C49H94N3. The van der Waals surface area contributed by atoms with E-state index in [4.69, 9.17) is 15.0 Å². The molecule has 0 N–H and O–H groups in total. The van der Waals surface area contributed by atoms with E-state index in [-0.39, 0.29) is 0 Å². The molecule has 0 bridgehead atoms. The Balaban J connectivity index is 1.90. The number of rotatable bonds is 43. The van der Waals surface area contributed by atoms with E-state index in [1.54, 1.807) is 0 Å². The van der Waals surface area contributed by atoms with E-state index in [2.05, 4.69) is 20.8 Å². The number of unbranched alkanes of at least 4 members (excludes halogenated alkanes) is 38. The van der Waals surface area contributed by atoms with Crippen LogP contribution in [0.1, 0.15) is 295 Å². The molecule has 0 aliphatic carbocycles. The fraction of sp³-hybridized carbons (Fsp3) is 0.918. The van der Waals surface area contributed by atoms with Gasteiger partial charge in [-0.25, -0.2) is 15.0 Å². The van der Waals surface area contributed by atoms with Crippen molar-refractivity contribution < 1.29 is 0 Å². The Morgan fingerprint density at radius 2 is 0.462 bits per heavy atom. The predicted molar refractivity (Wildman–Crippen MR) is 232 cm³/mol. The molecule has 0 fully saturated rings. The molecule has 0 atom stereocenters. The topological polar surface area (TPSA) is 38.7 Å². The van der Waals surface area contributed by atoms with Crippen LogP contribution < -0.4 is 0 Å². The minimum Gasteiger partial charge on any atom is -0.218 e. The maximum atomic E-state index is 4.88. The van der Waals surface area contributed by atoms with Crippen molar-refractivity contribution in [3.8, 4) is 0 Å². The fourth-order valence-corrected chi connectivity index (χ4v) is 7.92. The lowest BCUT2D eigenvalue weighted by Crippen LogP contribution is -2.07. The van der Waals surface area contributed by atoms with Gasteiger partial charge in [0.15, 0.2) is 0 Å². The molecular weight excluding hydrogens is 631 g/mol. The first-order valence-electron chi connectivity index (χ1n) is 24.3. The lowest BCUT2D eigenvalue weighted by molar-refractivity contribution is 0.520. The summed E-state index contributed by atoms with van der Waals surface area (Å²) in [7, 11) is 0. The van der Waals surface area contributed by atoms with Gasteiger partial charge < -0.3 is 0 Å². The van der Waals surface area contributed by atoms with Gasteiger partial charge in [0.05, 0.1) is 0 Å². The highest BCUT2D eigenvalue weighted by atomic mass is 15.0. The molecule has 1 aromatic heterocycles. The summed E-state index contributed by atoms with van der Waals surface area (Å²) in [5.41, 5.74) is 0. The average molecular weight is 725 g/mol. The number of aryl methyl sites for hydroxylation is 2. The second kappa shape index (κ2) is 41.2. The first-order chi connectivity index (χ1) is 25.8. The summed E-state index contributed by atoms with van der Waals surface area (Å²) in [6.07, 6.45) is 61.1. The van der Waals surface area contributed by atoms with E-state index < -0.39 is 0 Å². The molecule has 305 valence electrons. The lowest BCUT2D eigenvalue weighted by atomic mass is 10.0. The Morgan fingerprint density at radius 1 is 0.269 bits per heavy atom. The molecule has 1 radical (unpaired) electrons. The van der Waals surface area contributed by atoms with Crippen molar-refractivity contribution in [2.24, 2.45) is 0 Å². The monoisotopic (exact) mass is 725 g/mol. The summed E-state index contributed by atoms with van der Waals surface area (Å²) in [6, 6.07) is 0. The van der Waals surface area contributed by atoms with Crippen LogP contribution >= 0.6 is 0 Å². The van der Waals surface area contributed by atoms with Crippen LogP contribution in [0.25, 0.3) is 0 Å². The molecule has 3 heteroatoms. The molecule has 1 rings (SSSR count). The van der Waals surface area contributed by atoms with Gasteiger partial charge in [-0.05, 0) is 12.8 Å². The summed E-state index contributed by atoms with van der Waals surface area (Å²) in [6.45, 7) is 6.67. The first kappa shape index (κ1) is 49.0. The standard InChI is InChI=1S/C49H94N3/c1-4-7-9-11-13-15-17-19-21-23-25-27-29-31-33-35-37-39-41-43-45-48-50-47(6-3)51-49(52-48)46-44-42-40-38-36-34-32-30-28-26-24-22-20-18-16-14-12-10-8-5-2/h6H,4-5,7-46H2,1-3H3.